The third-order valence-corrected chi connectivity index (χ3v) is 6.43. The molecule has 4 aromatic rings. The van der Waals surface area contributed by atoms with Crippen LogP contribution < -0.4 is 4.74 Å². The highest BCUT2D eigenvalue weighted by Gasteiger charge is 2.30. The van der Waals surface area contributed by atoms with Crippen molar-refractivity contribution in [2.45, 2.75) is 0 Å². The van der Waals surface area contributed by atoms with Gasteiger partial charge in [0.2, 0.25) is 11.6 Å². The van der Waals surface area contributed by atoms with Crippen molar-refractivity contribution in [1.29, 1.82) is 0 Å². The molecule has 168 valence electrons. The van der Waals surface area contributed by atoms with Crippen LogP contribution >= 0.6 is 46.4 Å². The Balaban J connectivity index is 1.96. The molecule has 0 aliphatic heterocycles. The van der Waals surface area contributed by atoms with Gasteiger partial charge in [0.1, 0.15) is 32.6 Å². The van der Waals surface area contributed by atoms with Crippen molar-refractivity contribution in [3.8, 4) is 11.4 Å². The van der Waals surface area contributed by atoms with Crippen molar-refractivity contribution >= 4 is 58.0 Å². The molecule has 0 aliphatic carbocycles. The number of para-hydroxylation sites is 1. The van der Waals surface area contributed by atoms with Crippen molar-refractivity contribution in [3.63, 3.8) is 0 Å². The van der Waals surface area contributed by atoms with Crippen LogP contribution in [0.5, 0.6) is 5.75 Å². The molecule has 0 amide bonds. The van der Waals surface area contributed by atoms with Crippen LogP contribution in [0.15, 0.2) is 54.6 Å². The molecule has 0 saturated heterocycles. The first-order valence-electron chi connectivity index (χ1n) is 9.37. The minimum atomic E-state index is -0.731. The number of ketones is 2. The maximum absolute atomic E-state index is 14.3. The molecular formula is C23H13Cl4FN2O3. The summed E-state index contributed by atoms with van der Waals surface area (Å²) >= 11 is 25.3. The van der Waals surface area contributed by atoms with E-state index in [9.17, 15) is 14.0 Å². The predicted molar refractivity (Wildman–Crippen MR) is 126 cm³/mol. The van der Waals surface area contributed by atoms with Gasteiger partial charge in [0.15, 0.2) is 0 Å². The normalized spacial score (nSPS) is 11.0. The van der Waals surface area contributed by atoms with Crippen LogP contribution in [0.4, 0.5) is 4.39 Å². The standard InChI is InChI=1S/C23H13Cl4FN2O3/c1-33-16-9-5-3-7-12(16)21(32)18-19(17(25)22(26)29-18)30-15(10-13(24)23(30)27)20(31)11-6-2-4-8-14(11)28/h2-10,29H,1H3. The predicted octanol–water partition coefficient (Wildman–Crippen LogP) is 7.03. The summed E-state index contributed by atoms with van der Waals surface area (Å²) in [5.41, 5.74) is -0.172. The Kier molecular flexibility index (Phi) is 6.54. The summed E-state index contributed by atoms with van der Waals surface area (Å²) < 4.78 is 20.8. The molecule has 0 radical (unpaired) electrons. The lowest BCUT2D eigenvalue weighted by Gasteiger charge is -2.13. The zero-order chi connectivity index (χ0) is 23.9. The van der Waals surface area contributed by atoms with Crippen molar-refractivity contribution in [1.82, 2.24) is 9.55 Å². The second kappa shape index (κ2) is 9.23. The highest BCUT2D eigenvalue weighted by Crippen LogP contribution is 2.40. The van der Waals surface area contributed by atoms with Gasteiger partial charge in [-0.2, -0.15) is 0 Å². The molecule has 0 bridgehead atoms. The number of ether oxygens (including phenoxy) is 1. The van der Waals surface area contributed by atoms with E-state index >= 15 is 0 Å². The molecule has 2 aromatic heterocycles. The van der Waals surface area contributed by atoms with Gasteiger partial charge in [0.25, 0.3) is 0 Å². The number of hydrogen-bond acceptors (Lipinski definition) is 3. The Bertz CT molecular complexity index is 1410. The van der Waals surface area contributed by atoms with E-state index in [1.165, 1.54) is 35.9 Å². The van der Waals surface area contributed by atoms with Crippen LogP contribution in [0, 0.1) is 5.82 Å². The van der Waals surface area contributed by atoms with Crippen LogP contribution in [-0.2, 0) is 0 Å². The largest absolute Gasteiger partial charge is 0.496 e. The maximum Gasteiger partial charge on any atom is 0.215 e. The molecule has 0 unspecified atom stereocenters. The number of rotatable bonds is 6. The molecule has 10 heteroatoms. The topological polar surface area (TPSA) is 64.1 Å². The Morgan fingerprint density at radius 3 is 2.24 bits per heavy atom. The molecule has 0 spiro atoms. The number of H-pyrrole nitrogens is 1. The van der Waals surface area contributed by atoms with Gasteiger partial charge >= 0.3 is 0 Å². The van der Waals surface area contributed by atoms with E-state index in [4.69, 9.17) is 51.1 Å². The van der Waals surface area contributed by atoms with E-state index in [2.05, 4.69) is 4.98 Å². The van der Waals surface area contributed by atoms with Crippen LogP contribution in [-0.4, -0.2) is 28.2 Å². The number of carbonyl (C=O) groups excluding carboxylic acids is 2. The minimum absolute atomic E-state index is 0.000403. The van der Waals surface area contributed by atoms with Crippen LogP contribution in [0.1, 0.15) is 32.1 Å². The fourth-order valence-corrected chi connectivity index (χ4v) is 4.23. The number of nitrogens with zero attached hydrogens (tertiary/aromatic N) is 1. The van der Waals surface area contributed by atoms with Gasteiger partial charge in [-0.15, -0.1) is 0 Å². The summed E-state index contributed by atoms with van der Waals surface area (Å²) in [6.45, 7) is 0. The average molecular weight is 526 g/mol. The summed E-state index contributed by atoms with van der Waals surface area (Å²) in [7, 11) is 1.43. The summed E-state index contributed by atoms with van der Waals surface area (Å²) in [6.07, 6.45) is 0. The van der Waals surface area contributed by atoms with Gasteiger partial charge in [-0.05, 0) is 30.3 Å². The number of halogens is 5. The Hall–Kier alpha value is -2.77. The Morgan fingerprint density at radius 2 is 1.58 bits per heavy atom. The van der Waals surface area contributed by atoms with E-state index in [-0.39, 0.29) is 48.6 Å². The summed E-state index contributed by atoms with van der Waals surface area (Å²) in [4.78, 5) is 29.4. The number of benzene rings is 2. The summed E-state index contributed by atoms with van der Waals surface area (Å²) in [5.74, 6) is -1.66. The molecule has 5 nitrogen and oxygen atoms in total. The highest BCUT2D eigenvalue weighted by molar-refractivity contribution is 6.45. The molecule has 0 saturated carbocycles. The van der Waals surface area contributed by atoms with E-state index in [1.807, 2.05) is 0 Å². The third kappa shape index (κ3) is 4.04. The lowest BCUT2D eigenvalue weighted by molar-refractivity contribution is 0.101. The molecule has 1 N–H and O–H groups in total. The molecular weight excluding hydrogens is 513 g/mol. The number of carbonyl (C=O) groups is 2. The molecule has 0 fully saturated rings. The quantitative estimate of drug-likeness (QED) is 0.275. The van der Waals surface area contributed by atoms with Gasteiger partial charge in [-0.3, -0.25) is 14.2 Å². The smallest absolute Gasteiger partial charge is 0.215 e. The number of methoxy groups -OCH3 is 1. The first-order chi connectivity index (χ1) is 15.8. The van der Waals surface area contributed by atoms with Gasteiger partial charge in [-0.1, -0.05) is 70.7 Å². The van der Waals surface area contributed by atoms with Crippen molar-refractivity contribution in [2.75, 3.05) is 7.11 Å². The maximum atomic E-state index is 14.3. The van der Waals surface area contributed by atoms with Gasteiger partial charge in [0, 0.05) is 0 Å². The zero-order valence-electron chi connectivity index (χ0n) is 16.8. The van der Waals surface area contributed by atoms with Crippen molar-refractivity contribution < 1.29 is 18.7 Å². The van der Waals surface area contributed by atoms with Crippen LogP contribution in [0.25, 0.3) is 5.69 Å². The van der Waals surface area contributed by atoms with Gasteiger partial charge in [-0.25, -0.2) is 4.39 Å². The van der Waals surface area contributed by atoms with Crippen molar-refractivity contribution in [3.05, 3.63) is 103 Å². The molecule has 2 heterocycles. The number of hydrogen-bond donors (Lipinski definition) is 1. The minimum Gasteiger partial charge on any atom is -0.496 e. The molecule has 0 atom stereocenters. The van der Waals surface area contributed by atoms with Crippen LogP contribution in [0.3, 0.4) is 0 Å². The third-order valence-electron chi connectivity index (χ3n) is 4.92. The lowest BCUT2D eigenvalue weighted by Crippen LogP contribution is -2.14. The summed E-state index contributed by atoms with van der Waals surface area (Å²) in [6, 6.07) is 13.3. The molecule has 4 rings (SSSR count). The Morgan fingerprint density at radius 1 is 0.939 bits per heavy atom. The zero-order valence-corrected chi connectivity index (χ0v) is 19.8. The van der Waals surface area contributed by atoms with Crippen LogP contribution in [0.2, 0.25) is 20.4 Å². The first-order valence-corrected chi connectivity index (χ1v) is 10.9. The fraction of sp³-hybridized carbons (Fsp3) is 0.0435. The molecule has 0 aliphatic rings. The first kappa shape index (κ1) is 23.4. The number of nitrogens with one attached hydrogen (secondary N) is 1. The SMILES string of the molecule is COc1ccccc1C(=O)c1[nH]c(Cl)c(Cl)c1-n1c(C(=O)c2ccccc2F)cc(Cl)c1Cl. The van der Waals surface area contributed by atoms with Crippen molar-refractivity contribution in [2.24, 2.45) is 0 Å². The molecule has 33 heavy (non-hydrogen) atoms. The second-order valence-corrected chi connectivity index (χ2v) is 8.34. The molecule has 2 aromatic carbocycles. The van der Waals surface area contributed by atoms with E-state index < -0.39 is 17.4 Å². The van der Waals surface area contributed by atoms with Gasteiger partial charge < -0.3 is 9.72 Å². The number of aromatic nitrogens is 2. The van der Waals surface area contributed by atoms with E-state index in [0.29, 0.717) is 5.75 Å². The lowest BCUT2D eigenvalue weighted by atomic mass is 10.1. The van der Waals surface area contributed by atoms with E-state index in [1.54, 1.807) is 24.3 Å². The van der Waals surface area contributed by atoms with Gasteiger partial charge in [0.05, 0.1) is 34.6 Å². The summed E-state index contributed by atoms with van der Waals surface area (Å²) in [5, 5.41) is -0.245. The fourth-order valence-electron chi connectivity index (χ4n) is 3.40. The van der Waals surface area contributed by atoms with E-state index in [0.717, 1.165) is 6.07 Å². The second-order valence-electron chi connectivity index (χ2n) is 6.82. The monoisotopic (exact) mass is 524 g/mol. The average Bonchev–Trinajstić information content (AvgIpc) is 3.27. The Labute approximate surface area is 207 Å². The highest BCUT2D eigenvalue weighted by atomic mass is 35.5. The number of aromatic amines is 1.